The molecule has 2 rings (SSSR count). The van der Waals surface area contributed by atoms with Gasteiger partial charge in [-0.25, -0.2) is 0 Å². The van der Waals surface area contributed by atoms with Gasteiger partial charge < -0.3 is 9.64 Å². The molecule has 0 spiro atoms. The Morgan fingerprint density at radius 1 is 1.44 bits per heavy atom. The topological polar surface area (TPSA) is 29.5 Å². The molecule has 0 saturated carbocycles. The monoisotopic (exact) mass is 247 g/mol. The van der Waals surface area contributed by atoms with Crippen molar-refractivity contribution in [2.45, 2.75) is 32.7 Å². The van der Waals surface area contributed by atoms with E-state index in [1.54, 1.807) is 0 Å². The molecule has 0 radical (unpaired) electrons. The molecule has 0 N–H and O–H groups in total. The van der Waals surface area contributed by atoms with Crippen LogP contribution in [0.15, 0.2) is 24.3 Å². The molecule has 1 aromatic rings. The van der Waals surface area contributed by atoms with Gasteiger partial charge in [-0.2, -0.15) is 0 Å². The maximum atomic E-state index is 12.1. The van der Waals surface area contributed by atoms with Gasteiger partial charge in [-0.15, -0.1) is 0 Å². The predicted octanol–water partition coefficient (Wildman–Crippen LogP) is 2.70. The van der Waals surface area contributed by atoms with Crippen LogP contribution in [0, 0.1) is 6.92 Å². The van der Waals surface area contributed by atoms with Gasteiger partial charge in [0, 0.05) is 13.2 Å². The fraction of sp³-hybridized carbons (Fsp3) is 0.533. The number of benzene rings is 1. The predicted molar refractivity (Wildman–Crippen MR) is 71.4 cm³/mol. The number of aryl methyl sites for hydroxylation is 1. The third-order valence-electron chi connectivity index (χ3n) is 3.55. The lowest BCUT2D eigenvalue weighted by atomic mass is 9.99. The largest absolute Gasteiger partial charge is 0.372 e. The summed E-state index contributed by atoms with van der Waals surface area (Å²) in [6.07, 6.45) is 2.14. The summed E-state index contributed by atoms with van der Waals surface area (Å²) in [6.45, 7) is 5.67. The first-order valence-electron chi connectivity index (χ1n) is 6.66. The highest BCUT2D eigenvalue weighted by molar-refractivity contribution is 5.78. The fourth-order valence-electron chi connectivity index (χ4n) is 2.62. The minimum atomic E-state index is 0.114. The summed E-state index contributed by atoms with van der Waals surface area (Å²) in [5.41, 5.74) is 2.54. The molecule has 0 aliphatic carbocycles. The van der Waals surface area contributed by atoms with Gasteiger partial charge in [0.25, 0.3) is 0 Å². The van der Waals surface area contributed by atoms with Crippen molar-refractivity contribution in [1.29, 1.82) is 0 Å². The first-order chi connectivity index (χ1) is 8.74. The van der Waals surface area contributed by atoms with Gasteiger partial charge in [-0.3, -0.25) is 4.79 Å². The van der Waals surface area contributed by atoms with Gasteiger partial charge in [0.1, 0.15) is 6.61 Å². The Morgan fingerprint density at radius 3 is 2.94 bits per heavy atom. The van der Waals surface area contributed by atoms with Crippen molar-refractivity contribution in [3.8, 4) is 0 Å². The number of hydrogen-bond donors (Lipinski definition) is 0. The summed E-state index contributed by atoms with van der Waals surface area (Å²) in [6, 6.07) is 8.57. The van der Waals surface area contributed by atoms with Gasteiger partial charge >= 0.3 is 0 Å². The van der Waals surface area contributed by atoms with E-state index in [-0.39, 0.29) is 18.6 Å². The number of hydrogen-bond acceptors (Lipinski definition) is 2. The Kier molecular flexibility index (Phi) is 4.37. The molecule has 1 heterocycles. The van der Waals surface area contributed by atoms with E-state index in [9.17, 15) is 4.79 Å². The first kappa shape index (κ1) is 13.1. The molecule has 1 aliphatic rings. The zero-order valence-electron chi connectivity index (χ0n) is 11.2. The number of likely N-dealkylation sites (tertiary alicyclic amines) is 1. The zero-order valence-corrected chi connectivity index (χ0v) is 11.2. The standard InChI is InChI=1S/C15H21NO2/c1-3-18-11-15(17)16-10-6-9-14(16)13-8-5-4-7-12(13)2/h4-5,7-8,14H,3,6,9-11H2,1-2H3. The maximum Gasteiger partial charge on any atom is 0.249 e. The second kappa shape index (κ2) is 6.01. The highest BCUT2D eigenvalue weighted by Gasteiger charge is 2.30. The third-order valence-corrected chi connectivity index (χ3v) is 3.55. The van der Waals surface area contributed by atoms with Gasteiger partial charge in [-0.05, 0) is 37.8 Å². The van der Waals surface area contributed by atoms with Crippen molar-refractivity contribution < 1.29 is 9.53 Å². The summed E-state index contributed by atoms with van der Waals surface area (Å²) in [4.78, 5) is 14.1. The lowest BCUT2D eigenvalue weighted by Crippen LogP contribution is -2.33. The molecule has 1 fully saturated rings. The Hall–Kier alpha value is -1.35. The van der Waals surface area contributed by atoms with Crippen LogP contribution in [0.4, 0.5) is 0 Å². The van der Waals surface area contributed by atoms with Crippen LogP contribution >= 0.6 is 0 Å². The van der Waals surface area contributed by atoms with Crippen LogP contribution in [0.1, 0.15) is 36.9 Å². The molecule has 1 aromatic carbocycles. The third kappa shape index (κ3) is 2.72. The van der Waals surface area contributed by atoms with Gasteiger partial charge in [0.05, 0.1) is 6.04 Å². The van der Waals surface area contributed by atoms with Crippen LogP contribution in [0.5, 0.6) is 0 Å². The molecule has 0 aromatic heterocycles. The van der Waals surface area contributed by atoms with Crippen LogP contribution in [-0.2, 0) is 9.53 Å². The van der Waals surface area contributed by atoms with Crippen LogP contribution in [0.3, 0.4) is 0 Å². The fourth-order valence-corrected chi connectivity index (χ4v) is 2.62. The van der Waals surface area contributed by atoms with Crippen LogP contribution < -0.4 is 0 Å². The Labute approximate surface area is 109 Å². The van der Waals surface area contributed by atoms with E-state index >= 15 is 0 Å². The van der Waals surface area contributed by atoms with Crippen molar-refractivity contribution in [3.05, 3.63) is 35.4 Å². The Bertz CT molecular complexity index is 417. The van der Waals surface area contributed by atoms with Crippen LogP contribution in [0.25, 0.3) is 0 Å². The number of carbonyl (C=O) groups excluding carboxylic acids is 1. The van der Waals surface area contributed by atoms with Crippen molar-refractivity contribution in [2.75, 3.05) is 19.8 Å². The first-order valence-corrected chi connectivity index (χ1v) is 6.66. The number of rotatable bonds is 4. The summed E-state index contributed by atoms with van der Waals surface area (Å²) >= 11 is 0. The van der Waals surface area contributed by atoms with Crippen LogP contribution in [-0.4, -0.2) is 30.6 Å². The Balaban J connectivity index is 2.12. The highest BCUT2D eigenvalue weighted by Crippen LogP contribution is 2.33. The average molecular weight is 247 g/mol. The molecule has 1 aliphatic heterocycles. The molecular weight excluding hydrogens is 226 g/mol. The lowest BCUT2D eigenvalue weighted by molar-refractivity contribution is -0.136. The number of ether oxygens (including phenoxy) is 1. The normalized spacial score (nSPS) is 19.2. The smallest absolute Gasteiger partial charge is 0.249 e. The number of amides is 1. The molecule has 98 valence electrons. The molecule has 1 amide bonds. The second-order valence-electron chi connectivity index (χ2n) is 4.74. The molecule has 1 saturated heterocycles. The molecule has 3 heteroatoms. The van der Waals surface area contributed by atoms with E-state index in [4.69, 9.17) is 4.74 Å². The minimum absolute atomic E-state index is 0.114. The molecule has 0 bridgehead atoms. The van der Waals surface area contributed by atoms with E-state index < -0.39 is 0 Å². The van der Waals surface area contributed by atoms with Crippen molar-refractivity contribution in [3.63, 3.8) is 0 Å². The van der Waals surface area contributed by atoms with Crippen molar-refractivity contribution in [2.24, 2.45) is 0 Å². The van der Waals surface area contributed by atoms with E-state index in [1.165, 1.54) is 11.1 Å². The average Bonchev–Trinajstić information content (AvgIpc) is 2.85. The molecule has 1 atom stereocenters. The molecule has 18 heavy (non-hydrogen) atoms. The maximum absolute atomic E-state index is 12.1. The second-order valence-corrected chi connectivity index (χ2v) is 4.74. The Morgan fingerprint density at radius 2 is 2.22 bits per heavy atom. The van der Waals surface area contributed by atoms with Crippen LogP contribution in [0.2, 0.25) is 0 Å². The SMILES string of the molecule is CCOCC(=O)N1CCCC1c1ccccc1C. The number of carbonyl (C=O) groups is 1. The summed E-state index contributed by atoms with van der Waals surface area (Å²) < 4.78 is 5.23. The van der Waals surface area contributed by atoms with E-state index in [1.807, 2.05) is 24.0 Å². The number of nitrogens with zero attached hydrogens (tertiary/aromatic N) is 1. The molecular formula is C15H21NO2. The quantitative estimate of drug-likeness (QED) is 0.818. The summed E-state index contributed by atoms with van der Waals surface area (Å²) in [7, 11) is 0. The van der Waals surface area contributed by atoms with Gasteiger partial charge in [-0.1, -0.05) is 24.3 Å². The van der Waals surface area contributed by atoms with Crippen molar-refractivity contribution >= 4 is 5.91 Å². The zero-order chi connectivity index (χ0) is 13.0. The van der Waals surface area contributed by atoms with E-state index in [2.05, 4.69) is 19.1 Å². The van der Waals surface area contributed by atoms with E-state index in [0.29, 0.717) is 6.61 Å². The van der Waals surface area contributed by atoms with Crippen molar-refractivity contribution in [1.82, 2.24) is 4.90 Å². The summed E-state index contributed by atoms with van der Waals surface area (Å²) in [5.74, 6) is 0.114. The van der Waals surface area contributed by atoms with Gasteiger partial charge in [0.15, 0.2) is 0 Å². The van der Waals surface area contributed by atoms with Gasteiger partial charge in [0.2, 0.25) is 5.91 Å². The molecule has 3 nitrogen and oxygen atoms in total. The highest BCUT2D eigenvalue weighted by atomic mass is 16.5. The summed E-state index contributed by atoms with van der Waals surface area (Å²) in [5, 5.41) is 0. The van der Waals surface area contributed by atoms with E-state index in [0.717, 1.165) is 19.4 Å². The molecule has 1 unspecified atom stereocenters. The lowest BCUT2D eigenvalue weighted by Gasteiger charge is -2.26. The minimum Gasteiger partial charge on any atom is -0.372 e.